The second-order valence-electron chi connectivity index (χ2n) is 2.88. The third-order valence-corrected chi connectivity index (χ3v) is 2.00. The van der Waals surface area contributed by atoms with Gasteiger partial charge in [-0.15, -0.1) is 0 Å². The average Bonchev–Trinajstić information content (AvgIpc) is 2.51. The number of aromatic nitrogens is 2. The molecule has 0 bridgehead atoms. The topological polar surface area (TPSA) is 61.2 Å². The van der Waals surface area contributed by atoms with Gasteiger partial charge in [-0.1, -0.05) is 0 Å². The van der Waals surface area contributed by atoms with Crippen LogP contribution in [0.3, 0.4) is 0 Å². The van der Waals surface area contributed by atoms with Gasteiger partial charge in [0, 0.05) is 6.20 Å². The van der Waals surface area contributed by atoms with Crippen molar-refractivity contribution in [3.8, 4) is 0 Å². The smallest absolute Gasteiger partial charge is 0.313 e. The second kappa shape index (κ2) is 5.65. The van der Waals surface area contributed by atoms with Crippen molar-refractivity contribution in [3.63, 3.8) is 0 Å². The van der Waals surface area contributed by atoms with Gasteiger partial charge in [0.15, 0.2) is 5.78 Å². The van der Waals surface area contributed by atoms with E-state index in [0.29, 0.717) is 6.61 Å². The van der Waals surface area contributed by atoms with Gasteiger partial charge in [-0.25, -0.2) is 0 Å². The van der Waals surface area contributed by atoms with Gasteiger partial charge in [0.1, 0.15) is 13.0 Å². The van der Waals surface area contributed by atoms with Crippen LogP contribution in [-0.2, 0) is 20.9 Å². The molecule has 82 valence electrons. The molecule has 1 rings (SSSR count). The summed E-state index contributed by atoms with van der Waals surface area (Å²) in [5.74, 6) is -0.710. The van der Waals surface area contributed by atoms with Crippen LogP contribution in [0.25, 0.3) is 0 Å². The van der Waals surface area contributed by atoms with Crippen LogP contribution in [0.1, 0.15) is 13.3 Å². The summed E-state index contributed by atoms with van der Waals surface area (Å²) in [5.41, 5.74) is 0. The minimum atomic E-state index is -0.492. The van der Waals surface area contributed by atoms with E-state index in [0.717, 1.165) is 4.47 Å². The summed E-state index contributed by atoms with van der Waals surface area (Å²) < 4.78 is 6.92. The van der Waals surface area contributed by atoms with Crippen LogP contribution < -0.4 is 0 Å². The van der Waals surface area contributed by atoms with Gasteiger partial charge < -0.3 is 4.74 Å². The predicted molar refractivity (Wildman–Crippen MR) is 56.2 cm³/mol. The van der Waals surface area contributed by atoms with Crippen LogP contribution in [0, 0.1) is 0 Å². The van der Waals surface area contributed by atoms with Crippen LogP contribution in [0.5, 0.6) is 0 Å². The molecule has 1 aromatic heterocycles. The van der Waals surface area contributed by atoms with E-state index in [1.54, 1.807) is 19.3 Å². The highest BCUT2D eigenvalue weighted by Crippen LogP contribution is 2.06. The molecule has 0 amide bonds. The zero-order chi connectivity index (χ0) is 11.3. The highest BCUT2D eigenvalue weighted by Gasteiger charge is 2.11. The van der Waals surface area contributed by atoms with Crippen molar-refractivity contribution in [2.45, 2.75) is 19.9 Å². The van der Waals surface area contributed by atoms with Crippen molar-refractivity contribution in [1.82, 2.24) is 9.78 Å². The Balaban J connectivity index is 2.39. The number of hydrogen-bond acceptors (Lipinski definition) is 4. The van der Waals surface area contributed by atoms with Crippen molar-refractivity contribution in [2.75, 3.05) is 6.61 Å². The lowest BCUT2D eigenvalue weighted by molar-refractivity contribution is -0.145. The van der Waals surface area contributed by atoms with Gasteiger partial charge in [0.05, 0.1) is 17.3 Å². The van der Waals surface area contributed by atoms with Crippen LogP contribution >= 0.6 is 15.9 Å². The first kappa shape index (κ1) is 11.9. The van der Waals surface area contributed by atoms with Crippen molar-refractivity contribution in [2.24, 2.45) is 0 Å². The fourth-order valence-electron chi connectivity index (χ4n) is 1.03. The van der Waals surface area contributed by atoms with E-state index < -0.39 is 5.97 Å². The second-order valence-corrected chi connectivity index (χ2v) is 3.79. The van der Waals surface area contributed by atoms with Crippen molar-refractivity contribution < 1.29 is 14.3 Å². The summed E-state index contributed by atoms with van der Waals surface area (Å²) in [5, 5.41) is 3.91. The molecular weight excluding hydrogens is 264 g/mol. The third kappa shape index (κ3) is 4.24. The molecule has 0 spiro atoms. The summed E-state index contributed by atoms with van der Waals surface area (Å²) in [4.78, 5) is 22.3. The van der Waals surface area contributed by atoms with E-state index in [4.69, 9.17) is 0 Å². The number of halogens is 1. The third-order valence-electron chi connectivity index (χ3n) is 1.59. The Morgan fingerprint density at radius 3 is 2.87 bits per heavy atom. The molecule has 5 nitrogen and oxygen atoms in total. The highest BCUT2D eigenvalue weighted by molar-refractivity contribution is 9.10. The minimum Gasteiger partial charge on any atom is -0.466 e. The summed E-state index contributed by atoms with van der Waals surface area (Å²) in [6.07, 6.45) is 3.05. The van der Waals surface area contributed by atoms with Crippen molar-refractivity contribution in [3.05, 3.63) is 16.9 Å². The molecular formula is C9H11BrN2O3. The number of carbonyl (C=O) groups is 2. The van der Waals surface area contributed by atoms with Gasteiger partial charge in [0.2, 0.25) is 0 Å². The molecule has 0 saturated heterocycles. The number of Topliss-reactive ketones (excluding diaryl/α,β-unsaturated/α-hetero) is 1. The molecule has 0 fully saturated rings. The fraction of sp³-hybridized carbons (Fsp3) is 0.444. The van der Waals surface area contributed by atoms with E-state index in [9.17, 15) is 9.59 Å². The number of esters is 1. The molecule has 1 aromatic rings. The molecule has 0 N–H and O–H groups in total. The van der Waals surface area contributed by atoms with Crippen molar-refractivity contribution >= 4 is 27.7 Å². The van der Waals surface area contributed by atoms with Gasteiger partial charge in [-0.2, -0.15) is 5.10 Å². The lowest BCUT2D eigenvalue weighted by atomic mass is 10.3. The number of ether oxygens (including phenoxy) is 1. The molecule has 0 radical (unpaired) electrons. The summed E-state index contributed by atoms with van der Waals surface area (Å²) in [7, 11) is 0. The number of nitrogens with zero attached hydrogens (tertiary/aromatic N) is 2. The molecule has 6 heteroatoms. The molecule has 0 aromatic carbocycles. The Kier molecular flexibility index (Phi) is 4.48. The van der Waals surface area contributed by atoms with Gasteiger partial charge >= 0.3 is 5.97 Å². The van der Waals surface area contributed by atoms with E-state index in [-0.39, 0.29) is 18.7 Å². The molecule has 0 saturated carbocycles. The predicted octanol–water partition coefficient (Wildman–Crippen LogP) is 1.17. The number of ketones is 1. The highest BCUT2D eigenvalue weighted by atomic mass is 79.9. The first-order chi connectivity index (χ1) is 7.11. The molecule has 0 aliphatic heterocycles. The van der Waals surface area contributed by atoms with E-state index >= 15 is 0 Å². The fourth-order valence-corrected chi connectivity index (χ4v) is 1.36. The number of hydrogen-bond donors (Lipinski definition) is 0. The van der Waals surface area contributed by atoms with Gasteiger partial charge in [0.25, 0.3) is 0 Å². The zero-order valence-corrected chi connectivity index (χ0v) is 9.86. The maximum Gasteiger partial charge on any atom is 0.313 e. The van der Waals surface area contributed by atoms with Gasteiger partial charge in [-0.3, -0.25) is 14.3 Å². The van der Waals surface area contributed by atoms with E-state index in [2.05, 4.69) is 25.8 Å². The molecule has 1 heterocycles. The van der Waals surface area contributed by atoms with Crippen LogP contribution in [0.15, 0.2) is 16.9 Å². The van der Waals surface area contributed by atoms with Crippen LogP contribution in [-0.4, -0.2) is 28.1 Å². The average molecular weight is 275 g/mol. The maximum absolute atomic E-state index is 11.3. The quantitative estimate of drug-likeness (QED) is 0.597. The normalized spacial score (nSPS) is 10.0. The Labute approximate surface area is 95.5 Å². The van der Waals surface area contributed by atoms with Crippen LogP contribution in [0.2, 0.25) is 0 Å². The molecule has 15 heavy (non-hydrogen) atoms. The lowest BCUT2D eigenvalue weighted by Crippen LogP contribution is -2.16. The Morgan fingerprint density at radius 2 is 2.33 bits per heavy atom. The zero-order valence-electron chi connectivity index (χ0n) is 8.27. The molecule has 0 unspecified atom stereocenters. The standard InChI is InChI=1S/C9H11BrN2O3/c1-2-15-9(14)3-8(13)6-12-5-7(10)4-11-12/h4-5H,2-3,6H2,1H3. The first-order valence-corrected chi connectivity index (χ1v) is 5.26. The number of carbonyl (C=O) groups excluding carboxylic acids is 2. The Bertz CT molecular complexity index is 362. The minimum absolute atomic E-state index is 0.0877. The monoisotopic (exact) mass is 274 g/mol. The van der Waals surface area contributed by atoms with Crippen LogP contribution in [0.4, 0.5) is 0 Å². The largest absolute Gasteiger partial charge is 0.466 e. The number of rotatable bonds is 5. The molecule has 0 aliphatic carbocycles. The molecule has 0 aliphatic rings. The Hall–Kier alpha value is -1.17. The summed E-state index contributed by atoms with van der Waals surface area (Å²) in [6, 6.07) is 0. The summed E-state index contributed by atoms with van der Waals surface area (Å²) in [6.45, 7) is 2.08. The van der Waals surface area contributed by atoms with Crippen molar-refractivity contribution in [1.29, 1.82) is 0 Å². The van der Waals surface area contributed by atoms with E-state index in [1.807, 2.05) is 0 Å². The van der Waals surface area contributed by atoms with E-state index in [1.165, 1.54) is 4.68 Å². The maximum atomic E-state index is 11.3. The SMILES string of the molecule is CCOC(=O)CC(=O)Cn1cc(Br)cn1. The first-order valence-electron chi connectivity index (χ1n) is 4.47. The summed E-state index contributed by atoms with van der Waals surface area (Å²) >= 11 is 3.21. The molecule has 0 atom stereocenters. The van der Waals surface area contributed by atoms with Gasteiger partial charge in [-0.05, 0) is 22.9 Å². The lowest BCUT2D eigenvalue weighted by Gasteiger charge is -2.01. The Morgan fingerprint density at radius 1 is 1.60 bits per heavy atom.